The van der Waals surface area contributed by atoms with Crippen molar-refractivity contribution in [2.24, 2.45) is 0 Å². The molecule has 18 heavy (non-hydrogen) atoms. The summed E-state index contributed by atoms with van der Waals surface area (Å²) in [5.41, 5.74) is 0.0736. The molecule has 1 aromatic heterocycles. The fourth-order valence-electron chi connectivity index (χ4n) is 1.36. The number of methoxy groups -OCH3 is 1. The van der Waals surface area contributed by atoms with E-state index in [2.05, 4.69) is 14.7 Å². The van der Waals surface area contributed by atoms with Gasteiger partial charge in [-0.15, -0.1) is 0 Å². The van der Waals surface area contributed by atoms with Crippen LogP contribution in [0.1, 0.15) is 10.4 Å². The first-order valence-corrected chi connectivity index (χ1v) is 4.97. The summed E-state index contributed by atoms with van der Waals surface area (Å²) in [6.45, 7) is 0. The van der Waals surface area contributed by atoms with Gasteiger partial charge in [0.25, 0.3) is 0 Å². The summed E-state index contributed by atoms with van der Waals surface area (Å²) in [6, 6.07) is 2.98. The second kappa shape index (κ2) is 4.87. The summed E-state index contributed by atoms with van der Waals surface area (Å²) in [7, 11) is 1.22. The number of halogens is 2. The Hall–Kier alpha value is -2.37. The van der Waals surface area contributed by atoms with Crippen molar-refractivity contribution in [3.05, 3.63) is 47.8 Å². The topological polar surface area (TPSA) is 52.1 Å². The second-order valence-corrected chi connectivity index (χ2v) is 3.41. The standard InChI is InChI=1S/C12H8F2N2O2/c1-18-12(17)7-5-15-11(16-6-7)9-4-8(13)2-3-10(9)14/h2-6H,1H3. The highest BCUT2D eigenvalue weighted by Gasteiger charge is 2.11. The minimum Gasteiger partial charge on any atom is -0.465 e. The number of nitrogens with zero attached hydrogens (tertiary/aromatic N) is 2. The smallest absolute Gasteiger partial charge is 0.341 e. The molecule has 0 aliphatic rings. The second-order valence-electron chi connectivity index (χ2n) is 3.41. The van der Waals surface area contributed by atoms with Gasteiger partial charge in [0.1, 0.15) is 11.6 Å². The normalized spacial score (nSPS) is 10.2. The Bertz CT molecular complexity index is 585. The molecule has 1 aromatic carbocycles. The molecule has 2 rings (SSSR count). The van der Waals surface area contributed by atoms with Crippen LogP contribution in [0.25, 0.3) is 11.4 Å². The van der Waals surface area contributed by atoms with Crippen molar-refractivity contribution in [1.29, 1.82) is 0 Å². The number of hydrogen-bond donors (Lipinski definition) is 0. The number of hydrogen-bond acceptors (Lipinski definition) is 4. The Morgan fingerprint density at radius 2 is 1.89 bits per heavy atom. The maximum absolute atomic E-state index is 13.4. The van der Waals surface area contributed by atoms with E-state index >= 15 is 0 Å². The lowest BCUT2D eigenvalue weighted by Gasteiger charge is -2.03. The third kappa shape index (κ3) is 2.32. The number of ether oxygens (including phenoxy) is 1. The lowest BCUT2D eigenvalue weighted by Crippen LogP contribution is -2.03. The zero-order valence-electron chi connectivity index (χ0n) is 9.35. The van der Waals surface area contributed by atoms with Crippen LogP contribution in [-0.2, 0) is 4.74 Å². The van der Waals surface area contributed by atoms with Gasteiger partial charge in [0.2, 0.25) is 0 Å². The number of esters is 1. The van der Waals surface area contributed by atoms with E-state index in [1.807, 2.05) is 0 Å². The van der Waals surface area contributed by atoms with Crippen LogP contribution in [0, 0.1) is 11.6 Å². The Morgan fingerprint density at radius 1 is 1.22 bits per heavy atom. The van der Waals surface area contributed by atoms with E-state index < -0.39 is 17.6 Å². The summed E-state index contributed by atoms with van der Waals surface area (Å²) >= 11 is 0. The van der Waals surface area contributed by atoms with Crippen molar-refractivity contribution in [3.63, 3.8) is 0 Å². The molecule has 0 spiro atoms. The number of carbonyl (C=O) groups excluding carboxylic acids is 1. The highest BCUT2D eigenvalue weighted by atomic mass is 19.1. The van der Waals surface area contributed by atoms with Crippen LogP contribution in [0.2, 0.25) is 0 Å². The zero-order chi connectivity index (χ0) is 13.1. The molecule has 0 atom stereocenters. The van der Waals surface area contributed by atoms with Gasteiger partial charge in [-0.3, -0.25) is 0 Å². The van der Waals surface area contributed by atoms with E-state index in [0.29, 0.717) is 0 Å². The first kappa shape index (κ1) is 12.1. The third-order valence-corrected chi connectivity index (χ3v) is 2.24. The van der Waals surface area contributed by atoms with Crippen molar-refractivity contribution < 1.29 is 18.3 Å². The number of rotatable bonds is 2. The van der Waals surface area contributed by atoms with E-state index in [1.54, 1.807) is 0 Å². The SMILES string of the molecule is COC(=O)c1cnc(-c2cc(F)ccc2F)nc1. The van der Waals surface area contributed by atoms with Gasteiger partial charge in [-0.05, 0) is 18.2 Å². The minimum absolute atomic E-state index is 0.000321. The van der Waals surface area contributed by atoms with Crippen LogP contribution in [-0.4, -0.2) is 23.0 Å². The van der Waals surface area contributed by atoms with Crippen molar-refractivity contribution in [2.75, 3.05) is 7.11 Å². The molecule has 0 aliphatic heterocycles. The van der Waals surface area contributed by atoms with Crippen LogP contribution < -0.4 is 0 Å². The van der Waals surface area contributed by atoms with E-state index in [4.69, 9.17) is 0 Å². The van der Waals surface area contributed by atoms with Crippen LogP contribution in [0.15, 0.2) is 30.6 Å². The molecule has 6 heteroatoms. The van der Waals surface area contributed by atoms with Gasteiger partial charge in [0, 0.05) is 12.4 Å². The third-order valence-electron chi connectivity index (χ3n) is 2.24. The Balaban J connectivity index is 2.40. The number of benzene rings is 1. The van der Waals surface area contributed by atoms with E-state index in [1.165, 1.54) is 19.5 Å². The fraction of sp³-hybridized carbons (Fsp3) is 0.0833. The van der Waals surface area contributed by atoms with Gasteiger partial charge >= 0.3 is 5.97 Å². The fourth-order valence-corrected chi connectivity index (χ4v) is 1.36. The lowest BCUT2D eigenvalue weighted by atomic mass is 10.2. The number of aromatic nitrogens is 2. The van der Waals surface area contributed by atoms with Crippen molar-refractivity contribution >= 4 is 5.97 Å². The van der Waals surface area contributed by atoms with Gasteiger partial charge in [0.05, 0.1) is 18.2 Å². The van der Waals surface area contributed by atoms with Crippen LogP contribution >= 0.6 is 0 Å². The summed E-state index contributed by atoms with van der Waals surface area (Å²) in [5.74, 6) is -1.82. The predicted octanol–water partition coefficient (Wildman–Crippen LogP) is 2.21. The average Bonchev–Trinajstić information content (AvgIpc) is 2.41. The first-order valence-electron chi connectivity index (χ1n) is 4.97. The van der Waals surface area contributed by atoms with Crippen molar-refractivity contribution in [1.82, 2.24) is 9.97 Å². The van der Waals surface area contributed by atoms with E-state index in [0.717, 1.165) is 18.2 Å². The lowest BCUT2D eigenvalue weighted by molar-refractivity contribution is 0.0600. The molecule has 0 aliphatic carbocycles. The summed E-state index contributed by atoms with van der Waals surface area (Å²) < 4.78 is 30.9. The molecule has 0 saturated carbocycles. The van der Waals surface area contributed by atoms with Gasteiger partial charge in [-0.25, -0.2) is 23.5 Å². The molecule has 4 nitrogen and oxygen atoms in total. The maximum atomic E-state index is 13.4. The van der Waals surface area contributed by atoms with Crippen molar-refractivity contribution in [2.45, 2.75) is 0 Å². The van der Waals surface area contributed by atoms with Crippen LogP contribution in [0.5, 0.6) is 0 Å². The summed E-state index contributed by atoms with van der Waals surface area (Å²) in [4.78, 5) is 18.7. The van der Waals surface area contributed by atoms with Crippen LogP contribution in [0.4, 0.5) is 8.78 Å². The molecule has 0 radical (unpaired) electrons. The molecule has 2 aromatic rings. The predicted molar refractivity (Wildman–Crippen MR) is 58.7 cm³/mol. The highest BCUT2D eigenvalue weighted by molar-refractivity contribution is 5.88. The zero-order valence-corrected chi connectivity index (χ0v) is 9.35. The molecule has 0 saturated heterocycles. The Kier molecular flexibility index (Phi) is 3.27. The largest absolute Gasteiger partial charge is 0.465 e. The summed E-state index contributed by atoms with van der Waals surface area (Å²) in [5, 5.41) is 0. The first-order chi connectivity index (χ1) is 8.61. The average molecular weight is 250 g/mol. The summed E-state index contributed by atoms with van der Waals surface area (Å²) in [6.07, 6.45) is 2.39. The van der Waals surface area contributed by atoms with E-state index in [9.17, 15) is 13.6 Å². The highest BCUT2D eigenvalue weighted by Crippen LogP contribution is 2.19. The van der Waals surface area contributed by atoms with Gasteiger partial charge in [-0.2, -0.15) is 0 Å². The molecule has 0 amide bonds. The van der Waals surface area contributed by atoms with Gasteiger partial charge in [0.15, 0.2) is 5.82 Å². The Morgan fingerprint density at radius 3 is 2.50 bits per heavy atom. The molecule has 0 fully saturated rings. The molecular weight excluding hydrogens is 242 g/mol. The Labute approximate surface area is 101 Å². The quantitative estimate of drug-likeness (QED) is 0.767. The molecule has 0 N–H and O–H groups in total. The molecule has 0 unspecified atom stereocenters. The number of carbonyl (C=O) groups is 1. The molecule has 0 bridgehead atoms. The minimum atomic E-state index is -0.637. The molecule has 1 heterocycles. The van der Waals surface area contributed by atoms with E-state index in [-0.39, 0.29) is 17.0 Å². The van der Waals surface area contributed by atoms with Crippen LogP contribution in [0.3, 0.4) is 0 Å². The van der Waals surface area contributed by atoms with Crippen molar-refractivity contribution in [3.8, 4) is 11.4 Å². The van der Waals surface area contributed by atoms with Gasteiger partial charge < -0.3 is 4.74 Å². The molecular formula is C12H8F2N2O2. The monoisotopic (exact) mass is 250 g/mol. The maximum Gasteiger partial charge on any atom is 0.341 e. The van der Waals surface area contributed by atoms with Gasteiger partial charge in [-0.1, -0.05) is 0 Å². The molecule has 92 valence electrons.